The fourth-order valence-electron chi connectivity index (χ4n) is 11.1. The average molecular weight is 1590 g/mol. The standard InChI is InChI=1S/C39H37N7O11P2.C21H17N3O3.C18H20N3O5P/c40-38-33(35-21-31(43-55-35)19-27-8-12-29(23-47)13-9-27)5-3-17-45(38)25-53-58(48,49)57-59(50,51)54-26-46-18-4-6-34(39(46)41)36-22-32(44-56-36)20-28-10-14-30(15-11-28)24-52-37-7-1-2-16-42-37;25-21-18(4-3-11-23-21)19-13-17(24-27-19)12-15-6-8-16(9-7-15)14-26-20-5-1-2-10-22-20;1-2-13-5-7-14(8-6-13)10-15-11-17(26-20-15)16-4-3-9-21(18(16)19)12-25-27(22,23)24/h1-18,21-22,40-41,47H,19-20,23-26H2,(H2,48,49,50,51);1-11,13H,12,14H2,(H,23,25);3-9,11,19H,2,10,12H2,1H3,(H2,22,23,24). The highest BCUT2D eigenvalue weighted by Gasteiger charge is 2.27. The highest BCUT2D eigenvalue weighted by Crippen LogP contribution is 2.55. The maximum absolute atomic E-state index is 12.6. The smallest absolute Gasteiger partial charge is 0.285 e. The normalized spacial score (nSPS) is 12.8. The average Bonchev–Trinajstić information content (AvgIpc) is 1.44. The number of phosphoric acid groups is 3. The summed E-state index contributed by atoms with van der Waals surface area (Å²) in [6.07, 6.45) is 12.4. The van der Waals surface area contributed by atoms with Gasteiger partial charge in [-0.3, -0.25) is 49.3 Å². The number of aliphatic hydroxyl groups is 1. The summed E-state index contributed by atoms with van der Waals surface area (Å²) >= 11 is 0. The van der Waals surface area contributed by atoms with E-state index in [1.54, 1.807) is 110 Å². The number of nitrogens with one attached hydrogen (secondary N) is 1. The molecule has 10 aromatic heterocycles. The minimum absolute atomic E-state index is 0.0344. The third-order valence-corrected chi connectivity index (χ3v) is 19.9. The van der Waals surface area contributed by atoms with E-state index in [-0.39, 0.29) is 29.6 Å². The van der Waals surface area contributed by atoms with E-state index >= 15 is 0 Å². The van der Waals surface area contributed by atoms with Crippen molar-refractivity contribution in [3.63, 3.8) is 0 Å². The molecule has 32 nitrogen and oxygen atoms in total. The summed E-state index contributed by atoms with van der Waals surface area (Å²) in [6.45, 7) is 0.943. The van der Waals surface area contributed by atoms with Crippen LogP contribution in [-0.4, -0.2) is 45.6 Å². The first-order valence-corrected chi connectivity index (χ1v) is 39.1. The van der Waals surface area contributed by atoms with Gasteiger partial charge in [-0.25, -0.2) is 28.0 Å². The van der Waals surface area contributed by atoms with Crippen molar-refractivity contribution in [1.82, 2.24) is 35.6 Å². The number of aromatic amines is 1. The molecule has 0 aliphatic carbocycles. The van der Waals surface area contributed by atoms with E-state index in [9.17, 15) is 38.3 Å². The number of aliphatic hydroxyl groups excluding tert-OH is 1. The fraction of sp³-hybridized carbons (Fsp3) is 0.154. The van der Waals surface area contributed by atoms with Crippen LogP contribution >= 0.6 is 23.5 Å². The molecule has 0 aliphatic heterocycles. The molecule has 14 aromatic rings. The van der Waals surface area contributed by atoms with E-state index in [1.807, 2.05) is 91.0 Å². The van der Waals surface area contributed by atoms with Gasteiger partial charge in [0.15, 0.2) is 43.2 Å². The predicted molar refractivity (Wildman–Crippen MR) is 401 cm³/mol. The number of nitrogens with zero attached hydrogens (tertiary/aromatic N) is 9. The molecule has 14 rings (SSSR count). The van der Waals surface area contributed by atoms with Gasteiger partial charge in [0, 0.05) is 80.7 Å². The molecule has 0 aliphatic rings. The van der Waals surface area contributed by atoms with Crippen LogP contribution in [0, 0.1) is 0 Å². The van der Waals surface area contributed by atoms with Crippen LogP contribution in [0.1, 0.15) is 74.2 Å². The number of ether oxygens (including phenoxy) is 2. The number of pyridine rings is 6. The summed E-state index contributed by atoms with van der Waals surface area (Å²) in [6, 6.07) is 62.7. The molecule has 4 aromatic carbocycles. The van der Waals surface area contributed by atoms with Crippen LogP contribution in [0.2, 0.25) is 0 Å². The molecule has 580 valence electrons. The van der Waals surface area contributed by atoms with Gasteiger partial charge in [0.2, 0.25) is 11.8 Å². The highest BCUT2D eigenvalue weighted by atomic mass is 31.3. The Bertz CT molecular complexity index is 5670. The van der Waals surface area contributed by atoms with Gasteiger partial charge >= 0.3 is 0 Å². The van der Waals surface area contributed by atoms with Gasteiger partial charge in [0.1, 0.15) is 29.9 Å². The van der Waals surface area contributed by atoms with Crippen LogP contribution in [0.25, 0.3) is 45.3 Å². The molecule has 113 heavy (non-hydrogen) atoms. The zero-order chi connectivity index (χ0) is 79.3. The van der Waals surface area contributed by atoms with E-state index in [0.717, 1.165) is 56.8 Å². The summed E-state index contributed by atoms with van der Waals surface area (Å²) < 4.78 is 91.3. The van der Waals surface area contributed by atoms with Gasteiger partial charge in [0.05, 0.1) is 53.5 Å². The second-order valence-corrected chi connectivity index (χ2v) is 29.2. The van der Waals surface area contributed by atoms with Crippen molar-refractivity contribution in [2.75, 3.05) is 17.2 Å². The Morgan fingerprint density at radius 2 is 0.770 bits per heavy atom. The van der Waals surface area contributed by atoms with Crippen LogP contribution in [0.5, 0.6) is 11.8 Å². The maximum atomic E-state index is 12.6. The quantitative estimate of drug-likeness (QED) is 0.0174. The Hall–Kier alpha value is -12.3. The summed E-state index contributed by atoms with van der Waals surface area (Å²) in [5.41, 5.74) is 31.2. The number of rotatable bonds is 31. The molecule has 0 bridgehead atoms. The summed E-state index contributed by atoms with van der Waals surface area (Å²) in [5, 5.41) is 25.6. The van der Waals surface area contributed by atoms with Crippen molar-refractivity contribution in [2.45, 2.75) is 79.0 Å². The molecule has 0 spiro atoms. The largest absolute Gasteiger partial charge is 0.756 e. The van der Waals surface area contributed by atoms with Crippen molar-refractivity contribution in [2.24, 2.45) is 0 Å². The highest BCUT2D eigenvalue weighted by molar-refractivity contribution is 7.59. The number of nitrogens with two attached hydrogens (primary N) is 3. The first kappa shape index (κ1) is 80.3. The number of nitrogen functional groups attached to an aromatic ring is 3. The van der Waals surface area contributed by atoms with Gasteiger partial charge in [-0.05, 0) is 112 Å². The maximum Gasteiger partial charge on any atom is 0.285 e. The Morgan fingerprint density at radius 3 is 1.11 bits per heavy atom. The minimum Gasteiger partial charge on any atom is -0.756 e. The number of hydrogen-bond donors (Lipinski definition) is 6. The summed E-state index contributed by atoms with van der Waals surface area (Å²) in [4.78, 5) is 67.5. The molecule has 0 radical (unpaired) electrons. The number of anilines is 3. The van der Waals surface area contributed by atoms with Crippen LogP contribution in [0.15, 0.2) is 266 Å². The van der Waals surface area contributed by atoms with Crippen LogP contribution in [0.4, 0.5) is 17.5 Å². The van der Waals surface area contributed by atoms with Gasteiger partial charge in [-0.15, -0.1) is 0 Å². The Kier molecular flexibility index (Phi) is 26.7. The molecular formula is C78H74N13O19P3. The molecule has 35 heteroatoms. The Morgan fingerprint density at radius 1 is 0.434 bits per heavy atom. The first-order valence-electron chi connectivity index (χ1n) is 34.7. The second kappa shape index (κ2) is 37.6. The first-order chi connectivity index (χ1) is 54.6. The molecular weight excluding hydrogens is 1520 g/mol. The lowest BCUT2D eigenvalue weighted by molar-refractivity contribution is -0.713. The van der Waals surface area contributed by atoms with Gasteiger partial charge < -0.3 is 57.2 Å². The lowest BCUT2D eigenvalue weighted by atomic mass is 10.1. The van der Waals surface area contributed by atoms with E-state index in [4.69, 9.17) is 58.7 Å². The topological polar surface area (TPSA) is 469 Å². The molecule has 9 N–H and O–H groups in total. The van der Waals surface area contributed by atoms with E-state index in [0.29, 0.717) is 107 Å². The van der Waals surface area contributed by atoms with Crippen molar-refractivity contribution in [1.29, 1.82) is 0 Å². The molecule has 0 fully saturated rings. The molecule has 3 atom stereocenters. The number of aryl methyl sites for hydroxylation is 1. The fourth-order valence-corrected chi connectivity index (χ4v) is 13.3. The van der Waals surface area contributed by atoms with E-state index < -0.39 is 43.7 Å². The second-order valence-electron chi connectivity index (χ2n) is 25.1. The van der Waals surface area contributed by atoms with Gasteiger partial charge in [-0.2, -0.15) is 0 Å². The van der Waals surface area contributed by atoms with Crippen LogP contribution in [-0.2, 0) is 104 Å². The molecule has 0 amide bonds. The van der Waals surface area contributed by atoms with Crippen molar-refractivity contribution in [3.05, 3.63) is 321 Å². The van der Waals surface area contributed by atoms with Gasteiger partial charge in [-0.1, -0.05) is 137 Å². The van der Waals surface area contributed by atoms with Crippen LogP contribution < -0.4 is 60.6 Å². The molecule has 0 saturated heterocycles. The van der Waals surface area contributed by atoms with Crippen molar-refractivity contribution < 1.29 is 97.5 Å². The van der Waals surface area contributed by atoms with Crippen molar-refractivity contribution >= 4 is 40.9 Å². The molecule has 10 heterocycles. The zero-order valence-corrected chi connectivity index (χ0v) is 63.0. The Balaban J connectivity index is 0.000000180. The number of hydrogen-bond acceptors (Lipinski definition) is 27. The zero-order valence-electron chi connectivity index (χ0n) is 60.3. The molecule has 3 unspecified atom stereocenters. The number of phosphoric ester groups is 3. The lowest BCUT2D eigenvalue weighted by Gasteiger charge is -2.29. The van der Waals surface area contributed by atoms with E-state index in [2.05, 4.69) is 75.6 Å². The van der Waals surface area contributed by atoms with E-state index in [1.165, 1.54) is 37.9 Å². The third-order valence-electron chi connectivity index (χ3n) is 17.0. The Labute approximate surface area is 645 Å². The van der Waals surface area contributed by atoms with Gasteiger partial charge in [0.25, 0.3) is 46.5 Å². The monoisotopic (exact) mass is 1590 g/mol. The lowest BCUT2D eigenvalue weighted by Crippen LogP contribution is -2.39. The summed E-state index contributed by atoms with van der Waals surface area (Å²) in [5.74, 6) is 2.96. The number of benzene rings is 4. The predicted octanol–water partition coefficient (Wildman–Crippen LogP) is 9.38. The number of H-pyrrole nitrogens is 1. The third kappa shape index (κ3) is 23.2. The molecule has 0 saturated carbocycles. The minimum atomic E-state index is -5.52. The SMILES string of the molecule is CCc1ccc(Cc2cc(-c3ccc[n+](COP(=O)([O-])O)c3N)on2)cc1.Nc1c(-c2cc(Cc3ccc(CO)cc3)no2)ccc[n+]1COP(=O)([O-])OP(=O)([O-])OC[n+]1cccc(-c2cc(Cc3ccc(COc4ccccn4)cc3)no2)c1N.O=c1[nH]cccc1-c1cc(Cc2ccc(COc3ccccn3)cc2)no1. The number of aromatic nitrogens is 10. The van der Waals surface area contributed by atoms with Crippen LogP contribution in [0.3, 0.4) is 0 Å². The van der Waals surface area contributed by atoms with Crippen molar-refractivity contribution in [3.8, 4) is 57.1 Å². The summed E-state index contributed by atoms with van der Waals surface area (Å²) in [7, 11) is -15.9.